The van der Waals surface area contributed by atoms with Crippen LogP contribution in [0.25, 0.3) is 0 Å². The molecule has 0 amide bonds. The average Bonchev–Trinajstić information content (AvgIpc) is 1.80. The first kappa shape index (κ1) is 12.0. The van der Waals surface area contributed by atoms with Crippen molar-refractivity contribution in [2.45, 2.75) is 46.2 Å². The number of rotatable bonds is 3. The highest BCUT2D eigenvalue weighted by Crippen LogP contribution is 2.46. The molecule has 0 fully saturated rings. The minimum atomic E-state index is -1.62. The minimum absolute atomic E-state index is 0.0787. The van der Waals surface area contributed by atoms with E-state index in [1.807, 2.05) is 0 Å². The summed E-state index contributed by atoms with van der Waals surface area (Å²) in [6.45, 7) is 14.2. The van der Waals surface area contributed by atoms with Gasteiger partial charge in [0.15, 0.2) is 0 Å². The molecule has 0 N–H and O–H groups in total. The highest BCUT2D eigenvalue weighted by Gasteiger charge is 2.29. The molecule has 0 radical (unpaired) electrons. The maximum absolute atomic E-state index is 11.6. The summed E-state index contributed by atoms with van der Waals surface area (Å²) in [5, 5.41) is -0.0787. The van der Waals surface area contributed by atoms with E-state index in [0.717, 1.165) is 6.42 Å². The van der Waals surface area contributed by atoms with Crippen LogP contribution in [-0.4, -0.2) is 5.16 Å². The first-order valence-electron chi connectivity index (χ1n) is 4.36. The Bertz CT molecular complexity index is 187. The normalized spacial score (nSPS) is 15.8. The topological polar surface area (TPSA) is 17.1 Å². The summed E-state index contributed by atoms with van der Waals surface area (Å²) >= 11 is 0. The Labute approximate surface area is 77.0 Å². The lowest BCUT2D eigenvalue weighted by molar-refractivity contribution is 0.332. The summed E-state index contributed by atoms with van der Waals surface area (Å²) in [7, 11) is -1.62. The highest BCUT2D eigenvalue weighted by atomic mass is 31.1. The molecule has 0 bridgehead atoms. The molecule has 0 aliphatic rings. The summed E-state index contributed by atoms with van der Waals surface area (Å²) in [4.78, 5) is 0. The van der Waals surface area contributed by atoms with Crippen LogP contribution >= 0.6 is 7.80 Å². The van der Waals surface area contributed by atoms with E-state index in [1.54, 1.807) is 5.82 Å². The zero-order valence-corrected chi connectivity index (χ0v) is 9.90. The smallest absolute Gasteiger partial charge is 0.102 e. The summed E-state index contributed by atoms with van der Waals surface area (Å²) < 4.78 is 11.6. The molecule has 0 saturated heterocycles. The van der Waals surface area contributed by atoms with Gasteiger partial charge in [-0.25, -0.2) is 0 Å². The molecular weight excluding hydrogens is 167 g/mol. The second kappa shape index (κ2) is 3.79. The van der Waals surface area contributed by atoms with Gasteiger partial charge in [-0.1, -0.05) is 41.2 Å². The van der Waals surface area contributed by atoms with Crippen molar-refractivity contribution < 1.29 is 4.57 Å². The van der Waals surface area contributed by atoms with Crippen LogP contribution in [0.5, 0.6) is 0 Å². The molecular formula is C10H21OP. The third-order valence-corrected chi connectivity index (χ3v) is 3.71. The van der Waals surface area contributed by atoms with Gasteiger partial charge in [0, 0.05) is 5.16 Å². The standard InChI is InChI=1S/C10H21OP/c1-7-12(11)10(5,6)8-9(2,3)4/h7,12H,1,8H2,2-6H3. The van der Waals surface area contributed by atoms with Crippen molar-refractivity contribution in [1.29, 1.82) is 0 Å². The SMILES string of the molecule is C=C[PH](=O)C(C)(C)CC(C)(C)C. The quantitative estimate of drug-likeness (QED) is 0.614. The van der Waals surface area contributed by atoms with Crippen LogP contribution in [0.2, 0.25) is 0 Å². The lowest BCUT2D eigenvalue weighted by Crippen LogP contribution is -2.22. The lowest BCUT2D eigenvalue weighted by atomic mass is 9.86. The Morgan fingerprint density at radius 3 is 1.92 bits per heavy atom. The summed E-state index contributed by atoms with van der Waals surface area (Å²) in [5.41, 5.74) is 0.243. The predicted molar refractivity (Wildman–Crippen MR) is 57.3 cm³/mol. The van der Waals surface area contributed by atoms with Crippen LogP contribution in [0.3, 0.4) is 0 Å². The van der Waals surface area contributed by atoms with Crippen molar-refractivity contribution in [1.82, 2.24) is 0 Å². The molecule has 72 valence electrons. The van der Waals surface area contributed by atoms with Crippen molar-refractivity contribution in [3.8, 4) is 0 Å². The molecule has 0 aromatic heterocycles. The van der Waals surface area contributed by atoms with Gasteiger partial charge in [0.05, 0.1) is 0 Å². The lowest BCUT2D eigenvalue weighted by Gasteiger charge is -2.30. The number of hydrogen-bond acceptors (Lipinski definition) is 1. The van der Waals surface area contributed by atoms with E-state index in [0.29, 0.717) is 0 Å². The zero-order valence-electron chi connectivity index (χ0n) is 8.90. The molecule has 0 aromatic carbocycles. The van der Waals surface area contributed by atoms with Crippen LogP contribution in [-0.2, 0) is 4.57 Å². The molecule has 0 aliphatic carbocycles. The van der Waals surface area contributed by atoms with Crippen molar-refractivity contribution >= 4 is 7.80 Å². The fourth-order valence-electron chi connectivity index (χ4n) is 1.69. The van der Waals surface area contributed by atoms with Crippen molar-refractivity contribution in [3.63, 3.8) is 0 Å². The van der Waals surface area contributed by atoms with Gasteiger partial charge < -0.3 is 4.57 Å². The molecule has 0 aliphatic heterocycles. The monoisotopic (exact) mass is 188 g/mol. The van der Waals surface area contributed by atoms with Gasteiger partial charge in [-0.15, -0.1) is 0 Å². The van der Waals surface area contributed by atoms with E-state index in [9.17, 15) is 4.57 Å². The minimum Gasteiger partial charge on any atom is -0.322 e. The Morgan fingerprint density at radius 2 is 1.67 bits per heavy atom. The van der Waals surface area contributed by atoms with Gasteiger partial charge in [0.1, 0.15) is 7.80 Å². The molecule has 1 atom stereocenters. The van der Waals surface area contributed by atoms with Crippen molar-refractivity contribution in [2.75, 3.05) is 0 Å². The molecule has 0 aromatic rings. The van der Waals surface area contributed by atoms with Gasteiger partial charge in [-0.3, -0.25) is 0 Å². The molecule has 0 heterocycles. The number of hydrogen-bond donors (Lipinski definition) is 0. The molecule has 1 nitrogen and oxygen atoms in total. The average molecular weight is 188 g/mol. The second-order valence-electron chi connectivity index (χ2n) is 5.19. The van der Waals surface area contributed by atoms with E-state index in [1.165, 1.54) is 0 Å². The van der Waals surface area contributed by atoms with Crippen LogP contribution < -0.4 is 0 Å². The molecule has 1 unspecified atom stereocenters. The predicted octanol–water partition coefficient (Wildman–Crippen LogP) is 3.90. The highest BCUT2D eigenvalue weighted by molar-refractivity contribution is 7.49. The summed E-state index contributed by atoms with van der Waals surface area (Å²) in [6.07, 6.45) is 0.976. The Hall–Kier alpha value is -0.0300. The fraction of sp³-hybridized carbons (Fsp3) is 0.800. The van der Waals surface area contributed by atoms with Gasteiger partial charge in [-0.05, 0) is 17.7 Å². The maximum atomic E-state index is 11.6. The van der Waals surface area contributed by atoms with E-state index >= 15 is 0 Å². The van der Waals surface area contributed by atoms with Crippen LogP contribution in [0.4, 0.5) is 0 Å². The van der Waals surface area contributed by atoms with E-state index in [4.69, 9.17) is 0 Å². The fourth-order valence-corrected chi connectivity index (χ4v) is 2.95. The van der Waals surface area contributed by atoms with Gasteiger partial charge in [0.25, 0.3) is 0 Å². The van der Waals surface area contributed by atoms with Gasteiger partial charge in [-0.2, -0.15) is 0 Å². The van der Waals surface area contributed by atoms with E-state index < -0.39 is 7.80 Å². The van der Waals surface area contributed by atoms with Crippen LogP contribution in [0, 0.1) is 5.41 Å². The summed E-state index contributed by atoms with van der Waals surface area (Å²) in [6, 6.07) is 0. The van der Waals surface area contributed by atoms with Crippen LogP contribution in [0.1, 0.15) is 41.0 Å². The molecule has 0 rings (SSSR count). The van der Waals surface area contributed by atoms with E-state index in [-0.39, 0.29) is 10.6 Å². The first-order chi connectivity index (χ1) is 5.19. The van der Waals surface area contributed by atoms with Gasteiger partial charge >= 0.3 is 0 Å². The molecule has 0 spiro atoms. The van der Waals surface area contributed by atoms with Gasteiger partial charge in [0.2, 0.25) is 0 Å². The molecule has 2 heteroatoms. The Morgan fingerprint density at radius 1 is 1.25 bits per heavy atom. The Kier molecular flexibility index (Phi) is 3.78. The van der Waals surface area contributed by atoms with E-state index in [2.05, 4.69) is 41.2 Å². The first-order valence-corrected chi connectivity index (χ1v) is 5.84. The largest absolute Gasteiger partial charge is 0.322 e. The zero-order chi connectivity index (χ0) is 9.99. The third-order valence-electron chi connectivity index (χ3n) is 1.82. The van der Waals surface area contributed by atoms with Crippen LogP contribution in [0.15, 0.2) is 12.4 Å². The molecule has 0 saturated carbocycles. The maximum Gasteiger partial charge on any atom is 0.102 e. The third kappa shape index (κ3) is 4.11. The van der Waals surface area contributed by atoms with Crippen molar-refractivity contribution in [3.05, 3.63) is 12.4 Å². The summed E-state index contributed by atoms with van der Waals surface area (Å²) in [5.74, 6) is 1.61. The Balaban J connectivity index is 4.42. The van der Waals surface area contributed by atoms with Crippen molar-refractivity contribution in [2.24, 2.45) is 5.41 Å². The molecule has 12 heavy (non-hydrogen) atoms. The second-order valence-corrected chi connectivity index (χ2v) is 7.68.